The lowest BCUT2D eigenvalue weighted by Gasteiger charge is -2.20. The fourth-order valence-electron chi connectivity index (χ4n) is 3.28. The number of aliphatic hydroxyl groups is 1. The quantitative estimate of drug-likeness (QED) is 0.141. The molecule has 13 nitrogen and oxygen atoms in total. The third-order valence-electron chi connectivity index (χ3n) is 5.26. The van der Waals surface area contributed by atoms with Crippen LogP contribution in [0.1, 0.15) is 18.1 Å². The standard InChI is InChI=1S/C25H32N6O7/c1-15(33)30-31-25(38)20(12-16-5-3-2-4-6-16)28-22(35)13-27-24(37)21(14-32)29-23(36)19(26)11-17-7-9-18(34)10-8-17/h2-10,19-21,32,34H,11-14,26H2,1H3,(H,27,37)(H,28,35)(H,29,36)(H,30,33)(H,31,38)/t19-,20-,21+/m0/s1. The second-order valence-electron chi connectivity index (χ2n) is 8.42. The molecule has 13 heteroatoms. The molecule has 0 aliphatic rings. The number of aliphatic hydroxyl groups excluding tert-OH is 1. The zero-order valence-corrected chi connectivity index (χ0v) is 20.8. The van der Waals surface area contributed by atoms with Crippen LogP contribution >= 0.6 is 0 Å². The molecule has 9 N–H and O–H groups in total. The first kappa shape index (κ1) is 29.7. The molecule has 0 radical (unpaired) electrons. The Morgan fingerprint density at radius 3 is 2.03 bits per heavy atom. The van der Waals surface area contributed by atoms with Crippen LogP contribution in [0.25, 0.3) is 0 Å². The Morgan fingerprint density at radius 2 is 1.42 bits per heavy atom. The highest BCUT2D eigenvalue weighted by atomic mass is 16.3. The van der Waals surface area contributed by atoms with E-state index in [9.17, 15) is 34.2 Å². The Labute approximate surface area is 219 Å². The molecule has 0 aromatic heterocycles. The van der Waals surface area contributed by atoms with Crippen LogP contribution in [0.3, 0.4) is 0 Å². The van der Waals surface area contributed by atoms with Gasteiger partial charge in [-0.2, -0.15) is 0 Å². The molecule has 0 unspecified atom stereocenters. The third kappa shape index (κ3) is 10.2. The molecule has 0 heterocycles. The number of phenols is 1. The molecule has 0 bridgehead atoms. The minimum atomic E-state index is -1.37. The number of phenolic OH excluding ortho intramolecular Hbond substituents is 1. The van der Waals surface area contributed by atoms with E-state index in [-0.39, 0.29) is 18.6 Å². The predicted octanol–water partition coefficient (Wildman–Crippen LogP) is -2.25. The van der Waals surface area contributed by atoms with Crippen molar-refractivity contribution in [2.75, 3.05) is 13.2 Å². The highest BCUT2D eigenvalue weighted by Crippen LogP contribution is 2.11. The second-order valence-corrected chi connectivity index (χ2v) is 8.42. The number of aromatic hydroxyl groups is 1. The molecule has 0 saturated heterocycles. The van der Waals surface area contributed by atoms with Crippen molar-refractivity contribution in [2.24, 2.45) is 5.73 Å². The van der Waals surface area contributed by atoms with E-state index in [1.165, 1.54) is 19.1 Å². The Kier molecular flexibility index (Phi) is 11.7. The largest absolute Gasteiger partial charge is 0.508 e. The molecule has 0 fully saturated rings. The number of nitrogens with one attached hydrogen (secondary N) is 5. The van der Waals surface area contributed by atoms with Gasteiger partial charge in [-0.3, -0.25) is 34.8 Å². The van der Waals surface area contributed by atoms with Gasteiger partial charge in [0, 0.05) is 13.3 Å². The first-order valence-corrected chi connectivity index (χ1v) is 11.7. The minimum absolute atomic E-state index is 0.0626. The van der Waals surface area contributed by atoms with Gasteiger partial charge in [-0.1, -0.05) is 42.5 Å². The van der Waals surface area contributed by atoms with Gasteiger partial charge >= 0.3 is 0 Å². The van der Waals surface area contributed by atoms with Crippen molar-refractivity contribution in [1.82, 2.24) is 26.8 Å². The average Bonchev–Trinajstić information content (AvgIpc) is 2.90. The molecular formula is C25H32N6O7. The maximum atomic E-state index is 12.5. The summed E-state index contributed by atoms with van der Waals surface area (Å²) < 4.78 is 0. The Hall–Kier alpha value is -4.49. The number of amides is 5. The molecule has 2 aromatic carbocycles. The van der Waals surface area contributed by atoms with E-state index in [0.717, 1.165) is 5.56 Å². The van der Waals surface area contributed by atoms with Crippen LogP contribution in [0.2, 0.25) is 0 Å². The van der Waals surface area contributed by atoms with E-state index < -0.39 is 60.8 Å². The molecule has 5 amide bonds. The topological polar surface area (TPSA) is 212 Å². The number of hydrazine groups is 1. The Bertz CT molecular complexity index is 1110. The van der Waals surface area contributed by atoms with Gasteiger partial charge in [-0.05, 0) is 29.7 Å². The minimum Gasteiger partial charge on any atom is -0.508 e. The normalized spacial score (nSPS) is 12.8. The van der Waals surface area contributed by atoms with Gasteiger partial charge in [0.15, 0.2) is 0 Å². The molecule has 204 valence electrons. The molecule has 0 saturated carbocycles. The van der Waals surface area contributed by atoms with Crippen LogP contribution in [0.4, 0.5) is 0 Å². The van der Waals surface area contributed by atoms with Crippen molar-refractivity contribution >= 4 is 29.5 Å². The number of carbonyl (C=O) groups is 5. The number of nitrogens with two attached hydrogens (primary N) is 1. The van der Waals surface area contributed by atoms with E-state index >= 15 is 0 Å². The Balaban J connectivity index is 1.90. The van der Waals surface area contributed by atoms with E-state index in [0.29, 0.717) is 5.56 Å². The maximum absolute atomic E-state index is 12.5. The monoisotopic (exact) mass is 528 g/mol. The van der Waals surface area contributed by atoms with Crippen LogP contribution in [-0.2, 0) is 36.8 Å². The smallest absolute Gasteiger partial charge is 0.261 e. The van der Waals surface area contributed by atoms with Gasteiger partial charge < -0.3 is 31.9 Å². The summed E-state index contributed by atoms with van der Waals surface area (Å²) in [6.45, 7) is -0.0957. The van der Waals surface area contributed by atoms with E-state index in [1.807, 2.05) is 0 Å². The number of hydrogen-bond donors (Lipinski definition) is 8. The molecule has 2 rings (SSSR count). The van der Waals surface area contributed by atoms with Crippen molar-refractivity contribution in [3.63, 3.8) is 0 Å². The van der Waals surface area contributed by atoms with Crippen LogP contribution in [0, 0.1) is 0 Å². The summed E-state index contributed by atoms with van der Waals surface area (Å²) in [5.41, 5.74) is 11.7. The van der Waals surface area contributed by atoms with Crippen LogP contribution in [0.5, 0.6) is 5.75 Å². The van der Waals surface area contributed by atoms with Gasteiger partial charge in [-0.25, -0.2) is 0 Å². The van der Waals surface area contributed by atoms with Gasteiger partial charge in [0.25, 0.3) is 5.91 Å². The van der Waals surface area contributed by atoms with Crippen molar-refractivity contribution in [3.05, 3.63) is 65.7 Å². The second kappa shape index (κ2) is 14.9. The van der Waals surface area contributed by atoms with Gasteiger partial charge in [0.2, 0.25) is 23.6 Å². The summed E-state index contributed by atoms with van der Waals surface area (Å²) >= 11 is 0. The number of carbonyl (C=O) groups excluding carboxylic acids is 5. The first-order valence-electron chi connectivity index (χ1n) is 11.7. The van der Waals surface area contributed by atoms with Crippen LogP contribution < -0.4 is 32.5 Å². The molecular weight excluding hydrogens is 496 g/mol. The molecule has 3 atom stereocenters. The summed E-state index contributed by atoms with van der Waals surface area (Å²) in [7, 11) is 0. The molecule has 0 aliphatic carbocycles. The molecule has 0 spiro atoms. The Morgan fingerprint density at radius 1 is 0.789 bits per heavy atom. The third-order valence-corrected chi connectivity index (χ3v) is 5.26. The fourth-order valence-corrected chi connectivity index (χ4v) is 3.28. The average molecular weight is 529 g/mol. The van der Waals surface area contributed by atoms with Crippen molar-refractivity contribution in [2.45, 2.75) is 37.9 Å². The van der Waals surface area contributed by atoms with Gasteiger partial charge in [0.05, 0.1) is 19.2 Å². The zero-order valence-electron chi connectivity index (χ0n) is 20.8. The number of rotatable bonds is 12. The highest BCUT2D eigenvalue weighted by Gasteiger charge is 2.25. The summed E-state index contributed by atoms with van der Waals surface area (Å²) in [6.07, 6.45) is 0.234. The van der Waals surface area contributed by atoms with E-state index in [4.69, 9.17) is 5.73 Å². The molecule has 0 aliphatic heterocycles. The van der Waals surface area contributed by atoms with Crippen molar-refractivity contribution in [3.8, 4) is 5.75 Å². The fraction of sp³-hybridized carbons (Fsp3) is 0.320. The zero-order chi connectivity index (χ0) is 28.1. The van der Waals surface area contributed by atoms with E-state index in [2.05, 4.69) is 26.8 Å². The van der Waals surface area contributed by atoms with Gasteiger partial charge in [-0.15, -0.1) is 0 Å². The summed E-state index contributed by atoms with van der Waals surface area (Å²) in [5, 5.41) is 26.0. The predicted molar refractivity (Wildman–Crippen MR) is 136 cm³/mol. The van der Waals surface area contributed by atoms with Crippen LogP contribution in [-0.4, -0.2) is 71.0 Å². The molecule has 2 aromatic rings. The van der Waals surface area contributed by atoms with Crippen molar-refractivity contribution < 1.29 is 34.2 Å². The summed E-state index contributed by atoms with van der Waals surface area (Å²) in [6, 6.07) is 11.4. The lowest BCUT2D eigenvalue weighted by molar-refractivity contribution is -0.133. The first-order chi connectivity index (χ1) is 18.1. The van der Waals surface area contributed by atoms with Gasteiger partial charge in [0.1, 0.15) is 17.8 Å². The van der Waals surface area contributed by atoms with Crippen molar-refractivity contribution in [1.29, 1.82) is 0 Å². The van der Waals surface area contributed by atoms with Crippen LogP contribution in [0.15, 0.2) is 54.6 Å². The highest BCUT2D eigenvalue weighted by molar-refractivity contribution is 5.93. The summed E-state index contributed by atoms with van der Waals surface area (Å²) in [5.74, 6) is -3.37. The number of benzene rings is 2. The number of hydrogen-bond acceptors (Lipinski definition) is 8. The maximum Gasteiger partial charge on any atom is 0.261 e. The lowest BCUT2D eigenvalue weighted by atomic mass is 10.1. The van der Waals surface area contributed by atoms with E-state index in [1.54, 1.807) is 42.5 Å². The summed E-state index contributed by atoms with van der Waals surface area (Å²) in [4.78, 5) is 60.9. The lowest BCUT2D eigenvalue weighted by Crippen LogP contribution is -2.56. The molecule has 38 heavy (non-hydrogen) atoms. The SMILES string of the molecule is CC(=O)NNC(=O)[C@H](Cc1ccccc1)NC(=O)CNC(=O)[C@@H](CO)NC(=O)[C@@H](N)Cc1ccc(O)cc1.